The van der Waals surface area contributed by atoms with Crippen molar-refractivity contribution < 1.29 is 9.18 Å². The quantitative estimate of drug-likeness (QED) is 0.783. The Kier molecular flexibility index (Phi) is 5.08. The number of rotatable bonds is 2. The van der Waals surface area contributed by atoms with Gasteiger partial charge in [-0.05, 0) is 31.0 Å². The van der Waals surface area contributed by atoms with E-state index >= 15 is 0 Å². The maximum Gasteiger partial charge on any atom is 0.254 e. The van der Waals surface area contributed by atoms with Gasteiger partial charge in [0.05, 0.1) is 0 Å². The minimum Gasteiger partial charge on any atom is -0.336 e. The van der Waals surface area contributed by atoms with E-state index in [0.29, 0.717) is 11.6 Å². The summed E-state index contributed by atoms with van der Waals surface area (Å²) in [7, 11) is 0. The summed E-state index contributed by atoms with van der Waals surface area (Å²) in [6.45, 7) is 3.41. The van der Waals surface area contributed by atoms with Gasteiger partial charge in [0.1, 0.15) is 5.82 Å². The molecule has 0 bridgehead atoms. The number of piperazine rings is 1. The summed E-state index contributed by atoms with van der Waals surface area (Å²) < 4.78 is 13.3. The minimum atomic E-state index is -0.344. The van der Waals surface area contributed by atoms with Crippen LogP contribution in [0.1, 0.15) is 48.9 Å². The van der Waals surface area contributed by atoms with Gasteiger partial charge in [-0.1, -0.05) is 31.7 Å². The highest BCUT2D eigenvalue weighted by Gasteiger charge is 2.27. The van der Waals surface area contributed by atoms with Crippen LogP contribution < -0.4 is 0 Å². The molecule has 1 saturated carbocycles. The summed E-state index contributed by atoms with van der Waals surface area (Å²) in [4.78, 5) is 16.8. The Balaban J connectivity index is 1.56. The maximum absolute atomic E-state index is 13.3. The number of hydrogen-bond acceptors (Lipinski definition) is 2. The summed E-state index contributed by atoms with van der Waals surface area (Å²) in [5.74, 6) is -0.386. The van der Waals surface area contributed by atoms with Gasteiger partial charge in [0.15, 0.2) is 0 Å². The molecular formula is C18H25FN2O. The van der Waals surface area contributed by atoms with E-state index in [1.54, 1.807) is 12.1 Å². The molecule has 1 aliphatic carbocycles. The van der Waals surface area contributed by atoms with Crippen molar-refractivity contribution in [3.05, 3.63) is 35.6 Å². The lowest BCUT2D eigenvalue weighted by molar-refractivity contribution is 0.0551. The zero-order valence-electron chi connectivity index (χ0n) is 13.1. The molecular weight excluding hydrogens is 279 g/mol. The number of carbonyl (C=O) groups excluding carboxylic acids is 1. The summed E-state index contributed by atoms with van der Waals surface area (Å²) in [6.07, 6.45) is 8.03. The SMILES string of the molecule is O=C(c1cccc(F)c1)N1CCN(C2CCCCCC2)CC1. The van der Waals surface area contributed by atoms with Gasteiger partial charge < -0.3 is 4.90 Å². The van der Waals surface area contributed by atoms with Crippen LogP contribution in [0, 0.1) is 5.82 Å². The average molecular weight is 304 g/mol. The van der Waals surface area contributed by atoms with Gasteiger partial charge in [-0.2, -0.15) is 0 Å². The average Bonchev–Trinajstić information content (AvgIpc) is 2.84. The molecule has 1 aromatic rings. The minimum absolute atomic E-state index is 0.0417. The van der Waals surface area contributed by atoms with E-state index in [1.165, 1.54) is 50.7 Å². The van der Waals surface area contributed by atoms with Gasteiger partial charge in [-0.3, -0.25) is 9.69 Å². The lowest BCUT2D eigenvalue weighted by Gasteiger charge is -2.39. The van der Waals surface area contributed by atoms with E-state index in [2.05, 4.69) is 4.90 Å². The van der Waals surface area contributed by atoms with Gasteiger partial charge in [0, 0.05) is 37.8 Å². The first kappa shape index (κ1) is 15.5. The molecule has 1 aromatic carbocycles. The van der Waals surface area contributed by atoms with E-state index in [9.17, 15) is 9.18 Å². The Morgan fingerprint density at radius 1 is 1.00 bits per heavy atom. The molecule has 1 saturated heterocycles. The number of nitrogens with zero attached hydrogens (tertiary/aromatic N) is 2. The van der Waals surface area contributed by atoms with Crippen LogP contribution in [0.25, 0.3) is 0 Å². The molecule has 3 nitrogen and oxygen atoms in total. The molecule has 2 aliphatic rings. The molecule has 0 aromatic heterocycles. The zero-order chi connectivity index (χ0) is 15.4. The standard InChI is InChI=1S/C18H25FN2O/c19-16-7-5-6-15(14-16)18(22)21-12-10-20(11-13-21)17-8-3-1-2-4-9-17/h5-7,14,17H,1-4,8-13H2. The van der Waals surface area contributed by atoms with Crippen LogP contribution in [-0.4, -0.2) is 47.9 Å². The summed E-state index contributed by atoms with van der Waals surface area (Å²) in [5, 5.41) is 0. The summed E-state index contributed by atoms with van der Waals surface area (Å²) >= 11 is 0. The fourth-order valence-corrected chi connectivity index (χ4v) is 3.72. The largest absolute Gasteiger partial charge is 0.336 e. The van der Waals surface area contributed by atoms with Crippen molar-refractivity contribution in [2.45, 2.75) is 44.6 Å². The fraction of sp³-hybridized carbons (Fsp3) is 0.611. The molecule has 0 spiro atoms. The summed E-state index contributed by atoms with van der Waals surface area (Å²) in [5.41, 5.74) is 0.461. The fourth-order valence-electron chi connectivity index (χ4n) is 3.72. The number of amides is 1. The molecule has 4 heteroatoms. The number of halogens is 1. The van der Waals surface area contributed by atoms with E-state index in [0.717, 1.165) is 26.2 Å². The Labute approximate surface area is 132 Å². The number of hydrogen-bond donors (Lipinski definition) is 0. The first-order chi connectivity index (χ1) is 10.7. The Morgan fingerprint density at radius 3 is 2.32 bits per heavy atom. The van der Waals surface area contributed by atoms with Crippen LogP contribution in [-0.2, 0) is 0 Å². The smallest absolute Gasteiger partial charge is 0.254 e. The molecule has 1 aliphatic heterocycles. The molecule has 0 unspecified atom stereocenters. The lowest BCUT2D eigenvalue weighted by Crippen LogP contribution is -2.51. The highest BCUT2D eigenvalue weighted by molar-refractivity contribution is 5.94. The van der Waals surface area contributed by atoms with Crippen molar-refractivity contribution in [3.8, 4) is 0 Å². The maximum atomic E-state index is 13.3. The molecule has 3 rings (SSSR count). The van der Waals surface area contributed by atoms with Gasteiger partial charge in [-0.25, -0.2) is 4.39 Å². The van der Waals surface area contributed by atoms with Crippen molar-refractivity contribution in [2.24, 2.45) is 0 Å². The van der Waals surface area contributed by atoms with Crippen LogP contribution in [0.5, 0.6) is 0 Å². The van der Waals surface area contributed by atoms with Crippen LogP contribution in [0.4, 0.5) is 4.39 Å². The van der Waals surface area contributed by atoms with Crippen molar-refractivity contribution in [1.29, 1.82) is 0 Å². The van der Waals surface area contributed by atoms with Crippen LogP contribution in [0.2, 0.25) is 0 Å². The molecule has 120 valence electrons. The molecule has 1 amide bonds. The third-order valence-corrected chi connectivity index (χ3v) is 5.01. The van der Waals surface area contributed by atoms with Gasteiger partial charge in [-0.15, -0.1) is 0 Å². The van der Waals surface area contributed by atoms with E-state index in [1.807, 2.05) is 4.90 Å². The molecule has 1 heterocycles. The van der Waals surface area contributed by atoms with Crippen molar-refractivity contribution in [2.75, 3.05) is 26.2 Å². The highest BCUT2D eigenvalue weighted by Crippen LogP contribution is 2.23. The Morgan fingerprint density at radius 2 is 1.68 bits per heavy atom. The van der Waals surface area contributed by atoms with E-state index < -0.39 is 0 Å². The Hall–Kier alpha value is -1.42. The van der Waals surface area contributed by atoms with Crippen LogP contribution in [0.15, 0.2) is 24.3 Å². The second kappa shape index (κ2) is 7.23. The van der Waals surface area contributed by atoms with E-state index in [4.69, 9.17) is 0 Å². The summed E-state index contributed by atoms with van der Waals surface area (Å²) in [6, 6.07) is 6.71. The van der Waals surface area contributed by atoms with Gasteiger partial charge in [0.25, 0.3) is 5.91 Å². The second-order valence-electron chi connectivity index (χ2n) is 6.48. The van der Waals surface area contributed by atoms with Crippen molar-refractivity contribution in [1.82, 2.24) is 9.80 Å². The highest BCUT2D eigenvalue weighted by atomic mass is 19.1. The van der Waals surface area contributed by atoms with Gasteiger partial charge >= 0.3 is 0 Å². The van der Waals surface area contributed by atoms with Crippen molar-refractivity contribution in [3.63, 3.8) is 0 Å². The van der Waals surface area contributed by atoms with Crippen molar-refractivity contribution >= 4 is 5.91 Å². The van der Waals surface area contributed by atoms with Gasteiger partial charge in [0.2, 0.25) is 0 Å². The predicted molar refractivity (Wildman–Crippen MR) is 85.4 cm³/mol. The number of carbonyl (C=O) groups is 1. The molecule has 0 N–H and O–H groups in total. The Bertz CT molecular complexity index is 504. The first-order valence-electron chi connectivity index (χ1n) is 8.53. The first-order valence-corrected chi connectivity index (χ1v) is 8.53. The molecule has 2 fully saturated rings. The topological polar surface area (TPSA) is 23.6 Å². The molecule has 0 radical (unpaired) electrons. The molecule has 0 atom stereocenters. The second-order valence-corrected chi connectivity index (χ2v) is 6.48. The predicted octanol–water partition coefficient (Wildman–Crippen LogP) is 3.31. The normalized spacial score (nSPS) is 21.6. The lowest BCUT2D eigenvalue weighted by atomic mass is 10.1. The third kappa shape index (κ3) is 3.67. The van der Waals surface area contributed by atoms with Crippen LogP contribution in [0.3, 0.4) is 0 Å². The van der Waals surface area contributed by atoms with E-state index in [-0.39, 0.29) is 11.7 Å². The number of benzene rings is 1. The monoisotopic (exact) mass is 304 g/mol. The third-order valence-electron chi connectivity index (χ3n) is 5.01. The zero-order valence-corrected chi connectivity index (χ0v) is 13.1. The molecule has 22 heavy (non-hydrogen) atoms. The van der Waals surface area contributed by atoms with Crippen LogP contribution >= 0.6 is 0 Å².